The number of ether oxygens (including phenoxy) is 2. The molecule has 0 heterocycles. The van der Waals surface area contributed by atoms with Crippen molar-refractivity contribution < 1.29 is 9.47 Å². The fourth-order valence-electron chi connectivity index (χ4n) is 2.66. The number of methoxy groups -OCH3 is 2. The molecule has 0 amide bonds. The SMILES string of the molecule is COc1cccc(OC)c1C(NN)C1CC1(C)C. The summed E-state index contributed by atoms with van der Waals surface area (Å²) >= 11 is 0. The lowest BCUT2D eigenvalue weighted by Gasteiger charge is -2.22. The van der Waals surface area contributed by atoms with E-state index in [1.807, 2.05) is 18.2 Å². The number of hydrazine groups is 1. The monoisotopic (exact) mass is 250 g/mol. The molecule has 0 saturated heterocycles. The molecule has 2 atom stereocenters. The second kappa shape index (κ2) is 4.78. The second-order valence-corrected chi connectivity index (χ2v) is 5.52. The van der Waals surface area contributed by atoms with Crippen LogP contribution in [0.1, 0.15) is 31.9 Å². The number of benzene rings is 1. The third kappa shape index (κ3) is 2.18. The third-order valence-corrected chi connectivity index (χ3v) is 3.95. The Labute approximate surface area is 108 Å². The minimum Gasteiger partial charge on any atom is -0.496 e. The molecular formula is C14H22N2O2. The van der Waals surface area contributed by atoms with Gasteiger partial charge in [-0.05, 0) is 29.9 Å². The maximum atomic E-state index is 5.75. The lowest BCUT2D eigenvalue weighted by Crippen LogP contribution is -2.31. The highest BCUT2D eigenvalue weighted by molar-refractivity contribution is 5.48. The van der Waals surface area contributed by atoms with Gasteiger partial charge in [-0.1, -0.05) is 19.9 Å². The molecule has 18 heavy (non-hydrogen) atoms. The molecule has 1 aromatic rings. The zero-order valence-corrected chi connectivity index (χ0v) is 11.5. The van der Waals surface area contributed by atoms with Crippen LogP contribution < -0.4 is 20.7 Å². The van der Waals surface area contributed by atoms with Crippen molar-refractivity contribution in [3.8, 4) is 11.5 Å². The van der Waals surface area contributed by atoms with Gasteiger partial charge in [0.05, 0.1) is 25.8 Å². The number of hydrogen-bond donors (Lipinski definition) is 2. The molecule has 4 nitrogen and oxygen atoms in total. The van der Waals surface area contributed by atoms with Gasteiger partial charge in [0, 0.05) is 0 Å². The van der Waals surface area contributed by atoms with Crippen LogP contribution in [0.2, 0.25) is 0 Å². The Morgan fingerprint density at radius 2 is 1.78 bits per heavy atom. The topological polar surface area (TPSA) is 56.5 Å². The quantitative estimate of drug-likeness (QED) is 0.621. The van der Waals surface area contributed by atoms with Gasteiger partial charge in [0.1, 0.15) is 11.5 Å². The van der Waals surface area contributed by atoms with Gasteiger partial charge in [-0.3, -0.25) is 11.3 Å². The summed E-state index contributed by atoms with van der Waals surface area (Å²) < 4.78 is 10.9. The lowest BCUT2D eigenvalue weighted by molar-refractivity contribution is 0.350. The number of nitrogens with two attached hydrogens (primary N) is 1. The van der Waals surface area contributed by atoms with Gasteiger partial charge in [0.25, 0.3) is 0 Å². The van der Waals surface area contributed by atoms with Gasteiger partial charge in [-0.15, -0.1) is 0 Å². The molecule has 0 aliphatic heterocycles. The van der Waals surface area contributed by atoms with Gasteiger partial charge in [0.2, 0.25) is 0 Å². The normalized spacial score (nSPS) is 22.4. The van der Waals surface area contributed by atoms with Gasteiger partial charge >= 0.3 is 0 Å². The van der Waals surface area contributed by atoms with E-state index < -0.39 is 0 Å². The molecule has 1 saturated carbocycles. The van der Waals surface area contributed by atoms with Crippen molar-refractivity contribution in [2.24, 2.45) is 17.2 Å². The summed E-state index contributed by atoms with van der Waals surface area (Å²) in [7, 11) is 3.34. The Balaban J connectivity index is 2.41. The van der Waals surface area contributed by atoms with Crippen molar-refractivity contribution in [3.05, 3.63) is 23.8 Å². The van der Waals surface area contributed by atoms with Crippen molar-refractivity contribution >= 4 is 0 Å². The van der Waals surface area contributed by atoms with Crippen LogP contribution >= 0.6 is 0 Å². The summed E-state index contributed by atoms with van der Waals surface area (Å²) in [5.74, 6) is 7.90. The Morgan fingerprint density at radius 1 is 1.28 bits per heavy atom. The van der Waals surface area contributed by atoms with Crippen LogP contribution in [0.4, 0.5) is 0 Å². The summed E-state index contributed by atoms with van der Waals surface area (Å²) in [4.78, 5) is 0. The fraction of sp³-hybridized carbons (Fsp3) is 0.571. The minimum atomic E-state index is 0.0612. The summed E-state index contributed by atoms with van der Waals surface area (Å²) in [5, 5.41) is 0. The molecule has 2 unspecified atom stereocenters. The Kier molecular flexibility index (Phi) is 3.50. The number of nitrogens with one attached hydrogen (secondary N) is 1. The zero-order valence-electron chi connectivity index (χ0n) is 11.5. The lowest BCUT2D eigenvalue weighted by atomic mass is 9.96. The van der Waals surface area contributed by atoms with Crippen molar-refractivity contribution in [1.82, 2.24) is 5.43 Å². The first-order chi connectivity index (χ1) is 8.55. The van der Waals surface area contributed by atoms with E-state index in [1.165, 1.54) is 0 Å². The second-order valence-electron chi connectivity index (χ2n) is 5.52. The molecule has 4 heteroatoms. The van der Waals surface area contributed by atoms with E-state index in [0.29, 0.717) is 11.3 Å². The van der Waals surface area contributed by atoms with E-state index >= 15 is 0 Å². The van der Waals surface area contributed by atoms with Crippen LogP contribution in [-0.4, -0.2) is 14.2 Å². The molecule has 1 fully saturated rings. The van der Waals surface area contributed by atoms with E-state index in [9.17, 15) is 0 Å². The first-order valence-corrected chi connectivity index (χ1v) is 6.22. The van der Waals surface area contributed by atoms with E-state index in [1.54, 1.807) is 14.2 Å². The standard InChI is InChI=1S/C14H22N2O2/c1-14(2)8-9(14)13(16-15)12-10(17-3)6-5-7-11(12)18-4/h5-7,9,13,16H,8,15H2,1-4H3. The number of hydrogen-bond acceptors (Lipinski definition) is 4. The van der Waals surface area contributed by atoms with Crippen LogP contribution in [-0.2, 0) is 0 Å². The molecule has 100 valence electrons. The first kappa shape index (κ1) is 13.2. The molecule has 3 N–H and O–H groups in total. The highest BCUT2D eigenvalue weighted by Gasteiger charge is 2.51. The molecule has 0 radical (unpaired) electrons. The van der Waals surface area contributed by atoms with Crippen LogP contribution in [0.5, 0.6) is 11.5 Å². The zero-order chi connectivity index (χ0) is 13.3. The van der Waals surface area contributed by atoms with Gasteiger partial charge in [-0.2, -0.15) is 0 Å². The smallest absolute Gasteiger partial charge is 0.127 e. The fourth-order valence-corrected chi connectivity index (χ4v) is 2.66. The third-order valence-electron chi connectivity index (χ3n) is 3.95. The maximum Gasteiger partial charge on any atom is 0.127 e. The summed E-state index contributed by atoms with van der Waals surface area (Å²) in [5.41, 5.74) is 4.26. The van der Waals surface area contributed by atoms with Gasteiger partial charge in [0.15, 0.2) is 0 Å². The predicted molar refractivity (Wildman–Crippen MR) is 71.5 cm³/mol. The number of rotatable bonds is 5. The van der Waals surface area contributed by atoms with E-state index in [2.05, 4.69) is 19.3 Å². The van der Waals surface area contributed by atoms with Crippen molar-refractivity contribution in [2.75, 3.05) is 14.2 Å². The molecule has 0 aromatic heterocycles. The van der Waals surface area contributed by atoms with Crippen molar-refractivity contribution in [2.45, 2.75) is 26.3 Å². The largest absolute Gasteiger partial charge is 0.496 e. The van der Waals surface area contributed by atoms with Crippen LogP contribution in [0.3, 0.4) is 0 Å². The summed E-state index contributed by atoms with van der Waals surface area (Å²) in [6.07, 6.45) is 1.16. The van der Waals surface area contributed by atoms with Crippen LogP contribution in [0.25, 0.3) is 0 Å². The molecule has 2 rings (SSSR count). The molecule has 1 aromatic carbocycles. The van der Waals surface area contributed by atoms with Crippen molar-refractivity contribution in [3.63, 3.8) is 0 Å². The molecule has 0 bridgehead atoms. The molecule has 1 aliphatic carbocycles. The molecular weight excluding hydrogens is 228 g/mol. The minimum absolute atomic E-state index is 0.0612. The van der Waals surface area contributed by atoms with Gasteiger partial charge in [-0.25, -0.2) is 0 Å². The predicted octanol–water partition coefficient (Wildman–Crippen LogP) is 2.25. The average Bonchev–Trinajstić information content (AvgIpc) is 2.99. The highest BCUT2D eigenvalue weighted by atomic mass is 16.5. The summed E-state index contributed by atoms with van der Waals surface area (Å²) in [6, 6.07) is 5.87. The van der Waals surface area contributed by atoms with E-state index in [-0.39, 0.29) is 6.04 Å². The van der Waals surface area contributed by atoms with E-state index in [0.717, 1.165) is 23.5 Å². The van der Waals surface area contributed by atoms with Crippen molar-refractivity contribution in [1.29, 1.82) is 0 Å². The van der Waals surface area contributed by atoms with Gasteiger partial charge < -0.3 is 9.47 Å². The first-order valence-electron chi connectivity index (χ1n) is 6.22. The highest BCUT2D eigenvalue weighted by Crippen LogP contribution is 2.59. The Hall–Kier alpha value is -1.26. The molecule has 0 spiro atoms. The van der Waals surface area contributed by atoms with Crippen LogP contribution in [0.15, 0.2) is 18.2 Å². The van der Waals surface area contributed by atoms with Crippen LogP contribution in [0, 0.1) is 11.3 Å². The Bertz CT molecular complexity index is 410. The maximum absolute atomic E-state index is 5.75. The Morgan fingerprint density at radius 3 is 2.11 bits per heavy atom. The summed E-state index contributed by atoms with van der Waals surface area (Å²) in [6.45, 7) is 4.51. The van der Waals surface area contributed by atoms with E-state index in [4.69, 9.17) is 15.3 Å². The molecule has 1 aliphatic rings. The average molecular weight is 250 g/mol.